The second-order valence-corrected chi connectivity index (χ2v) is 4.76. The van der Waals surface area contributed by atoms with Crippen LogP contribution in [0.4, 0.5) is 5.69 Å². The normalized spacial score (nSPS) is 14.1. The average Bonchev–Trinajstić information content (AvgIpc) is 3.28. The number of nitrogens with zero attached hydrogens (tertiary/aromatic N) is 1. The summed E-state index contributed by atoms with van der Waals surface area (Å²) < 4.78 is 0. The van der Waals surface area contributed by atoms with Gasteiger partial charge in [0.1, 0.15) is 0 Å². The molecule has 0 heterocycles. The molecule has 3 rings (SSSR count). The van der Waals surface area contributed by atoms with Gasteiger partial charge in [0.25, 0.3) is 5.69 Å². The van der Waals surface area contributed by atoms with Gasteiger partial charge in [-0.3, -0.25) is 27.1 Å². The van der Waals surface area contributed by atoms with E-state index in [2.05, 4.69) is 18.2 Å². The molecule has 0 atom stereocenters. The number of hydrogen-bond donors (Lipinski definition) is 0. The molecule has 2 aliphatic carbocycles. The Balaban J connectivity index is 0.000000412. The molecule has 0 unspecified atom stereocenters. The molecule has 122 valence electrons. The molecule has 5 heteroatoms. The van der Waals surface area contributed by atoms with Crippen LogP contribution in [0.15, 0.2) is 72.4 Å². The van der Waals surface area contributed by atoms with Gasteiger partial charge in [0.2, 0.25) is 0 Å². The Morgan fingerprint density at radius 1 is 1.17 bits per heavy atom. The molecular weight excluding hydrogens is 346 g/mol. The predicted molar refractivity (Wildman–Crippen MR) is 88.6 cm³/mol. The Kier molecular flexibility index (Phi) is 8.41. The number of nitro groups is 1. The number of carbonyl (C=O) groups is 1. The first-order valence-corrected chi connectivity index (χ1v) is 7.12. The number of rotatable bonds is 4. The number of carbonyl (C=O) groups excluding carboxylic acids is 1. The van der Waals surface area contributed by atoms with Crippen LogP contribution < -0.4 is 0 Å². The number of hydrogen-bond acceptors (Lipinski definition) is 3. The van der Waals surface area contributed by atoms with Crippen LogP contribution >= 0.6 is 0 Å². The minimum absolute atomic E-state index is 0. The Labute approximate surface area is 151 Å². The van der Waals surface area contributed by atoms with Crippen molar-refractivity contribution in [2.45, 2.75) is 12.8 Å². The van der Waals surface area contributed by atoms with Crippen LogP contribution in [0.5, 0.6) is 0 Å². The van der Waals surface area contributed by atoms with Crippen LogP contribution in [0, 0.1) is 22.3 Å². The smallest absolute Gasteiger partial charge is 0.289 e. The standard InChI is InChI=1S/C14H10NO3.C5H5.Fe/c16-14(10-5-11-3-1-2-4-11)12-6-8-13(9-7-12)15(17)18;1-2-4-5-3-1;/h3-10H,1H2;1-3H,4H2;/q2*-1;+2/b10-5+;;. The van der Waals surface area contributed by atoms with Crippen molar-refractivity contribution in [2.75, 3.05) is 0 Å². The van der Waals surface area contributed by atoms with Crippen molar-refractivity contribution in [3.63, 3.8) is 0 Å². The van der Waals surface area contributed by atoms with Crippen LogP contribution in [0.1, 0.15) is 23.2 Å². The quantitative estimate of drug-likeness (QED) is 0.200. The second kappa shape index (κ2) is 10.3. The van der Waals surface area contributed by atoms with E-state index in [-0.39, 0.29) is 28.5 Å². The average molecular weight is 361 g/mol. The van der Waals surface area contributed by atoms with Crippen molar-refractivity contribution >= 4 is 11.5 Å². The maximum absolute atomic E-state index is 11.8. The SMILES string of the molecule is O=C(/C=C/C1=CC[C-]=C1)c1ccc([N+](=O)[O-])cc1.[C-]1=CC=CC1.[Fe+2]. The van der Waals surface area contributed by atoms with E-state index >= 15 is 0 Å². The molecule has 0 spiro atoms. The van der Waals surface area contributed by atoms with Crippen LogP contribution in [0.3, 0.4) is 0 Å². The van der Waals surface area contributed by atoms with E-state index in [1.54, 1.807) is 6.08 Å². The number of nitro benzene ring substituents is 1. The predicted octanol–water partition coefficient (Wildman–Crippen LogP) is 4.33. The minimum atomic E-state index is -0.492. The van der Waals surface area contributed by atoms with E-state index in [1.165, 1.54) is 30.3 Å². The molecule has 0 aromatic heterocycles. The number of ketones is 1. The molecule has 0 radical (unpaired) electrons. The summed E-state index contributed by atoms with van der Waals surface area (Å²) >= 11 is 0. The third kappa shape index (κ3) is 6.32. The summed E-state index contributed by atoms with van der Waals surface area (Å²) in [7, 11) is 0. The Bertz CT molecular complexity index is 715. The zero-order chi connectivity index (χ0) is 16.5. The fourth-order valence-electron chi connectivity index (χ4n) is 1.88. The van der Waals surface area contributed by atoms with Gasteiger partial charge in [-0.15, -0.1) is 18.9 Å². The molecule has 0 saturated carbocycles. The molecule has 1 aromatic rings. The van der Waals surface area contributed by atoms with Crippen LogP contribution in [-0.4, -0.2) is 10.7 Å². The van der Waals surface area contributed by atoms with E-state index in [4.69, 9.17) is 0 Å². The summed E-state index contributed by atoms with van der Waals surface area (Å²) in [5.74, 6) is -0.175. The van der Waals surface area contributed by atoms with Gasteiger partial charge in [0.15, 0.2) is 5.78 Å². The van der Waals surface area contributed by atoms with Crippen molar-refractivity contribution in [3.05, 3.63) is 100 Å². The fraction of sp³-hybridized carbons (Fsp3) is 0.105. The van der Waals surface area contributed by atoms with Gasteiger partial charge < -0.3 is 0 Å². The van der Waals surface area contributed by atoms with Crippen molar-refractivity contribution < 1.29 is 26.8 Å². The van der Waals surface area contributed by atoms with Crippen molar-refractivity contribution in [3.8, 4) is 0 Å². The van der Waals surface area contributed by atoms with Crippen LogP contribution in [-0.2, 0) is 17.1 Å². The van der Waals surface area contributed by atoms with Crippen LogP contribution in [0.2, 0.25) is 0 Å². The molecule has 0 fully saturated rings. The number of non-ortho nitro benzene ring substituents is 1. The summed E-state index contributed by atoms with van der Waals surface area (Å²) in [6.45, 7) is 0. The maximum atomic E-state index is 11.8. The van der Waals surface area contributed by atoms with E-state index in [1.807, 2.05) is 24.3 Å². The Morgan fingerprint density at radius 2 is 1.92 bits per heavy atom. The van der Waals surface area contributed by atoms with Gasteiger partial charge in [-0.2, -0.15) is 17.7 Å². The Hall–Kier alpha value is -2.49. The van der Waals surface area contributed by atoms with E-state index in [0.717, 1.165) is 18.4 Å². The molecule has 0 N–H and O–H groups in total. The maximum Gasteiger partial charge on any atom is 2.00 e. The van der Waals surface area contributed by atoms with Crippen LogP contribution in [0.25, 0.3) is 0 Å². The van der Waals surface area contributed by atoms with Crippen molar-refractivity contribution in [2.24, 2.45) is 0 Å². The molecule has 0 amide bonds. The van der Waals surface area contributed by atoms with Gasteiger partial charge in [-0.1, -0.05) is 0 Å². The van der Waals surface area contributed by atoms with Gasteiger partial charge in [-0.25, -0.2) is 18.2 Å². The zero-order valence-corrected chi connectivity index (χ0v) is 13.9. The van der Waals surface area contributed by atoms with Gasteiger partial charge in [0, 0.05) is 17.7 Å². The minimum Gasteiger partial charge on any atom is -0.289 e. The molecule has 0 aliphatic heterocycles. The topological polar surface area (TPSA) is 60.2 Å². The van der Waals surface area contributed by atoms with E-state index in [9.17, 15) is 14.9 Å². The zero-order valence-electron chi connectivity index (χ0n) is 12.8. The second-order valence-electron chi connectivity index (χ2n) is 4.76. The Morgan fingerprint density at radius 3 is 2.38 bits per heavy atom. The monoisotopic (exact) mass is 361 g/mol. The molecule has 4 nitrogen and oxygen atoms in total. The van der Waals surface area contributed by atoms with Gasteiger partial charge >= 0.3 is 17.1 Å². The summed E-state index contributed by atoms with van der Waals surface area (Å²) in [6, 6.07) is 5.55. The largest absolute Gasteiger partial charge is 2.00 e. The summed E-state index contributed by atoms with van der Waals surface area (Å²) in [6.07, 6.45) is 20.7. The first-order chi connectivity index (χ1) is 11.2. The molecule has 0 saturated heterocycles. The van der Waals surface area contributed by atoms with Crippen molar-refractivity contribution in [1.29, 1.82) is 0 Å². The van der Waals surface area contributed by atoms with Crippen molar-refractivity contribution in [1.82, 2.24) is 0 Å². The number of benzene rings is 1. The first kappa shape index (κ1) is 19.6. The van der Waals surface area contributed by atoms with E-state index < -0.39 is 4.92 Å². The summed E-state index contributed by atoms with van der Waals surface area (Å²) in [5, 5.41) is 10.5. The molecule has 1 aromatic carbocycles. The fourth-order valence-corrected chi connectivity index (χ4v) is 1.88. The third-order valence-electron chi connectivity index (χ3n) is 3.10. The molecule has 2 aliphatic rings. The third-order valence-corrected chi connectivity index (χ3v) is 3.10. The molecular formula is C19H15FeNO3. The summed E-state index contributed by atoms with van der Waals surface area (Å²) in [4.78, 5) is 21.7. The molecule has 0 bridgehead atoms. The van der Waals surface area contributed by atoms with Gasteiger partial charge in [-0.05, 0) is 18.2 Å². The van der Waals surface area contributed by atoms with E-state index in [0.29, 0.717) is 5.56 Å². The van der Waals surface area contributed by atoms with Gasteiger partial charge in [0.05, 0.1) is 4.92 Å². The number of allylic oxidation sites excluding steroid dienone is 10. The summed E-state index contributed by atoms with van der Waals surface area (Å²) in [5.41, 5.74) is 1.36. The molecule has 24 heavy (non-hydrogen) atoms. The first-order valence-electron chi connectivity index (χ1n) is 7.12.